The highest BCUT2D eigenvalue weighted by Gasteiger charge is 2.12. The van der Waals surface area contributed by atoms with Gasteiger partial charge >= 0.3 is 0 Å². The first kappa shape index (κ1) is 15.7. The van der Waals surface area contributed by atoms with Crippen molar-refractivity contribution >= 4 is 11.8 Å². The summed E-state index contributed by atoms with van der Waals surface area (Å²) in [7, 11) is 1.68. The van der Waals surface area contributed by atoms with Crippen molar-refractivity contribution in [2.75, 3.05) is 26.7 Å². The van der Waals surface area contributed by atoms with Crippen LogP contribution in [0.5, 0.6) is 0 Å². The van der Waals surface area contributed by atoms with Crippen molar-refractivity contribution in [3.63, 3.8) is 0 Å². The van der Waals surface area contributed by atoms with Gasteiger partial charge in [0.1, 0.15) is 6.61 Å². The SMILES string of the molecule is CCN(C)C(=O)CNC(=O)c1ccccc1C#CCO. The van der Waals surface area contributed by atoms with E-state index in [4.69, 9.17) is 5.11 Å². The second-order valence-electron chi connectivity index (χ2n) is 4.10. The zero-order valence-corrected chi connectivity index (χ0v) is 11.6. The average Bonchev–Trinajstić information content (AvgIpc) is 2.49. The molecule has 0 spiro atoms. The molecule has 106 valence electrons. The van der Waals surface area contributed by atoms with Crippen LogP contribution in [0.2, 0.25) is 0 Å². The minimum atomic E-state index is -0.356. The first-order valence-electron chi connectivity index (χ1n) is 6.31. The Morgan fingerprint density at radius 1 is 1.35 bits per heavy atom. The van der Waals surface area contributed by atoms with Gasteiger partial charge in [-0.3, -0.25) is 9.59 Å². The number of benzene rings is 1. The number of rotatable bonds is 4. The third-order valence-electron chi connectivity index (χ3n) is 2.77. The van der Waals surface area contributed by atoms with Gasteiger partial charge in [-0.25, -0.2) is 0 Å². The zero-order valence-electron chi connectivity index (χ0n) is 11.6. The summed E-state index contributed by atoms with van der Waals surface area (Å²) in [5.41, 5.74) is 0.913. The topological polar surface area (TPSA) is 69.6 Å². The van der Waals surface area contributed by atoms with Crippen molar-refractivity contribution in [3.05, 3.63) is 35.4 Å². The molecule has 0 radical (unpaired) electrons. The van der Waals surface area contributed by atoms with Crippen molar-refractivity contribution in [2.45, 2.75) is 6.92 Å². The molecule has 0 saturated carbocycles. The molecule has 0 heterocycles. The summed E-state index contributed by atoms with van der Waals surface area (Å²) in [6.07, 6.45) is 0. The van der Waals surface area contributed by atoms with E-state index in [0.717, 1.165) is 0 Å². The molecular formula is C15H18N2O3. The highest BCUT2D eigenvalue weighted by atomic mass is 16.2. The zero-order chi connectivity index (χ0) is 15.0. The molecular weight excluding hydrogens is 256 g/mol. The van der Waals surface area contributed by atoms with Crippen LogP contribution in [0.25, 0.3) is 0 Å². The number of nitrogens with one attached hydrogen (secondary N) is 1. The second kappa shape index (κ2) is 7.97. The Bertz CT molecular complexity index is 544. The Morgan fingerprint density at radius 3 is 2.70 bits per heavy atom. The van der Waals surface area contributed by atoms with Crippen LogP contribution in [0.15, 0.2) is 24.3 Å². The minimum Gasteiger partial charge on any atom is -0.384 e. The quantitative estimate of drug-likeness (QED) is 0.773. The summed E-state index contributed by atoms with van der Waals surface area (Å²) in [6, 6.07) is 6.80. The number of hydrogen-bond donors (Lipinski definition) is 2. The van der Waals surface area contributed by atoms with Crippen molar-refractivity contribution < 1.29 is 14.7 Å². The molecule has 1 aromatic carbocycles. The highest BCUT2D eigenvalue weighted by Crippen LogP contribution is 2.07. The highest BCUT2D eigenvalue weighted by molar-refractivity contribution is 5.98. The molecule has 2 N–H and O–H groups in total. The molecule has 0 atom stereocenters. The van der Waals surface area contributed by atoms with Crippen LogP contribution >= 0.6 is 0 Å². The number of likely N-dealkylation sites (N-methyl/N-ethyl adjacent to an activating group) is 1. The predicted molar refractivity (Wildman–Crippen MR) is 76.1 cm³/mol. The van der Waals surface area contributed by atoms with Crippen LogP contribution in [0.3, 0.4) is 0 Å². The number of amides is 2. The van der Waals surface area contributed by atoms with Crippen LogP contribution < -0.4 is 5.32 Å². The Morgan fingerprint density at radius 2 is 2.05 bits per heavy atom. The van der Waals surface area contributed by atoms with E-state index in [-0.39, 0.29) is 25.0 Å². The maximum atomic E-state index is 12.0. The van der Waals surface area contributed by atoms with Crippen LogP contribution in [0.1, 0.15) is 22.8 Å². The Kier molecular flexibility index (Phi) is 6.27. The Labute approximate surface area is 118 Å². The maximum Gasteiger partial charge on any atom is 0.252 e. The van der Waals surface area contributed by atoms with Gasteiger partial charge in [0.05, 0.1) is 12.1 Å². The van der Waals surface area contributed by atoms with E-state index in [0.29, 0.717) is 17.7 Å². The van der Waals surface area contributed by atoms with Crippen LogP contribution in [-0.2, 0) is 4.79 Å². The number of aliphatic hydroxyl groups excluding tert-OH is 1. The van der Waals surface area contributed by atoms with Gasteiger partial charge in [-0.2, -0.15) is 0 Å². The molecule has 0 bridgehead atoms. The van der Waals surface area contributed by atoms with Crippen LogP contribution in [0, 0.1) is 11.8 Å². The largest absolute Gasteiger partial charge is 0.384 e. The van der Waals surface area contributed by atoms with Gasteiger partial charge in [0.25, 0.3) is 5.91 Å². The molecule has 0 unspecified atom stereocenters. The lowest BCUT2D eigenvalue weighted by Gasteiger charge is -2.14. The second-order valence-corrected chi connectivity index (χ2v) is 4.10. The van der Waals surface area contributed by atoms with E-state index in [1.165, 1.54) is 4.90 Å². The summed E-state index contributed by atoms with van der Waals surface area (Å²) >= 11 is 0. The van der Waals surface area contributed by atoms with E-state index in [2.05, 4.69) is 17.2 Å². The lowest BCUT2D eigenvalue weighted by molar-refractivity contribution is -0.128. The molecule has 1 aromatic rings. The van der Waals surface area contributed by atoms with Crippen LogP contribution in [-0.4, -0.2) is 48.6 Å². The molecule has 2 amide bonds. The molecule has 0 saturated heterocycles. The Balaban J connectivity index is 2.75. The van der Waals surface area contributed by atoms with Crippen LogP contribution in [0.4, 0.5) is 0 Å². The lowest BCUT2D eigenvalue weighted by Crippen LogP contribution is -2.38. The molecule has 0 aliphatic rings. The molecule has 0 aliphatic carbocycles. The van der Waals surface area contributed by atoms with Gasteiger partial charge in [-0.15, -0.1) is 0 Å². The van der Waals surface area contributed by atoms with Crippen molar-refractivity contribution in [1.82, 2.24) is 10.2 Å². The molecule has 5 nitrogen and oxygen atoms in total. The standard InChI is InChI=1S/C15H18N2O3/c1-3-17(2)14(19)11-16-15(20)13-9-5-4-7-12(13)8-6-10-18/h4-5,7,9,18H,3,10-11H2,1-2H3,(H,16,20). The minimum absolute atomic E-state index is 0.0507. The van der Waals surface area contributed by atoms with E-state index < -0.39 is 0 Å². The fraction of sp³-hybridized carbons (Fsp3) is 0.333. The summed E-state index contributed by atoms with van der Waals surface area (Å²) in [5, 5.41) is 11.3. The number of nitrogens with zero attached hydrogens (tertiary/aromatic N) is 1. The summed E-state index contributed by atoms with van der Waals surface area (Å²) in [5.74, 6) is 4.70. The van der Waals surface area contributed by atoms with Gasteiger partial charge in [-0.1, -0.05) is 24.0 Å². The van der Waals surface area contributed by atoms with Gasteiger partial charge < -0.3 is 15.3 Å². The normalized spacial score (nSPS) is 9.35. The Hall–Kier alpha value is -2.32. The molecule has 5 heteroatoms. The van der Waals surface area contributed by atoms with Crippen molar-refractivity contribution in [2.24, 2.45) is 0 Å². The fourth-order valence-electron chi connectivity index (χ4n) is 1.49. The summed E-state index contributed by atoms with van der Waals surface area (Å²) in [6.45, 7) is 2.13. The maximum absolute atomic E-state index is 12.0. The third kappa shape index (κ3) is 4.41. The summed E-state index contributed by atoms with van der Waals surface area (Å²) < 4.78 is 0. The smallest absolute Gasteiger partial charge is 0.252 e. The number of aliphatic hydroxyl groups is 1. The molecule has 20 heavy (non-hydrogen) atoms. The van der Waals surface area contributed by atoms with Gasteiger partial charge in [0.15, 0.2) is 0 Å². The molecule has 0 fully saturated rings. The van der Waals surface area contributed by atoms with E-state index in [9.17, 15) is 9.59 Å². The number of carbonyl (C=O) groups excluding carboxylic acids is 2. The van der Waals surface area contributed by atoms with E-state index in [1.54, 1.807) is 31.3 Å². The molecule has 0 aromatic heterocycles. The fourth-order valence-corrected chi connectivity index (χ4v) is 1.49. The first-order chi connectivity index (χ1) is 9.60. The molecule has 1 rings (SSSR count). The van der Waals surface area contributed by atoms with E-state index in [1.807, 2.05) is 6.92 Å². The monoisotopic (exact) mass is 274 g/mol. The molecule has 0 aliphatic heterocycles. The number of carbonyl (C=O) groups is 2. The van der Waals surface area contributed by atoms with Gasteiger partial charge in [-0.05, 0) is 19.1 Å². The van der Waals surface area contributed by atoms with Gasteiger partial charge in [0.2, 0.25) is 5.91 Å². The summed E-state index contributed by atoms with van der Waals surface area (Å²) in [4.78, 5) is 25.2. The average molecular weight is 274 g/mol. The lowest BCUT2D eigenvalue weighted by atomic mass is 10.1. The van der Waals surface area contributed by atoms with E-state index >= 15 is 0 Å². The number of hydrogen-bond acceptors (Lipinski definition) is 3. The van der Waals surface area contributed by atoms with Gasteiger partial charge in [0, 0.05) is 19.2 Å². The van der Waals surface area contributed by atoms with Crippen molar-refractivity contribution in [1.29, 1.82) is 0 Å². The first-order valence-corrected chi connectivity index (χ1v) is 6.31. The third-order valence-corrected chi connectivity index (χ3v) is 2.77. The van der Waals surface area contributed by atoms with Crippen molar-refractivity contribution in [3.8, 4) is 11.8 Å². The predicted octanol–water partition coefficient (Wildman–Crippen LogP) is 0.238.